The van der Waals surface area contributed by atoms with Gasteiger partial charge in [0.25, 0.3) is 5.56 Å². The van der Waals surface area contributed by atoms with E-state index in [0.29, 0.717) is 40.5 Å². The maximum absolute atomic E-state index is 14.1. The molecule has 3 aromatic rings. The normalized spacial score (nSPS) is 12.5. The van der Waals surface area contributed by atoms with Crippen molar-refractivity contribution < 1.29 is 8.82 Å². The van der Waals surface area contributed by atoms with Gasteiger partial charge >= 0.3 is 0 Å². The molecule has 2 N–H and O–H groups in total. The molecule has 2 aromatic heterocycles. The summed E-state index contributed by atoms with van der Waals surface area (Å²) in [5.74, 6) is -0.557. The van der Waals surface area contributed by atoms with Gasteiger partial charge in [0.2, 0.25) is 0 Å². The second-order valence-corrected chi connectivity index (χ2v) is 14.6. The Morgan fingerprint density at radius 3 is 2.58 bits per heavy atom. The highest BCUT2D eigenvalue weighted by Crippen LogP contribution is 2.36. The van der Waals surface area contributed by atoms with Gasteiger partial charge in [-0.15, -0.1) is 0 Å². The molecule has 9 heteroatoms. The topological polar surface area (TPSA) is 83.0 Å². The smallest absolute Gasteiger partial charge is 0.260 e. The van der Waals surface area contributed by atoms with Crippen LogP contribution < -0.4 is 11.3 Å². The highest BCUT2D eigenvalue weighted by molar-refractivity contribution is 7.98. The van der Waals surface area contributed by atoms with E-state index in [-0.39, 0.29) is 16.3 Å². The Morgan fingerprint density at radius 1 is 1.26 bits per heavy atom. The van der Waals surface area contributed by atoms with Crippen molar-refractivity contribution >= 4 is 36.8 Å². The van der Waals surface area contributed by atoms with Crippen LogP contribution in [-0.4, -0.2) is 35.7 Å². The lowest BCUT2D eigenvalue weighted by Crippen LogP contribution is -2.42. The standard InChI is InChI=1S/C22H29FN4O2SSi/c1-22(2,3)31(5,6)29-10-9-27-19-15(13-25-21(26-19)30-4)11-16(20(27)28)14-7-8-18(24)17(23)12-14/h7-8,11-13H,9-10,24H2,1-6H3. The summed E-state index contributed by atoms with van der Waals surface area (Å²) in [6.07, 6.45) is 3.58. The molecule has 0 atom stereocenters. The lowest BCUT2D eigenvalue weighted by atomic mass is 10.1. The molecule has 0 aliphatic rings. The second kappa shape index (κ2) is 8.72. The number of nitrogens with two attached hydrogens (primary N) is 1. The van der Waals surface area contributed by atoms with Gasteiger partial charge in [0.1, 0.15) is 11.5 Å². The number of benzene rings is 1. The highest BCUT2D eigenvalue weighted by atomic mass is 32.2. The Balaban J connectivity index is 2.09. The summed E-state index contributed by atoms with van der Waals surface area (Å²) in [4.78, 5) is 22.3. The van der Waals surface area contributed by atoms with E-state index in [2.05, 4.69) is 43.8 Å². The fourth-order valence-electron chi connectivity index (χ4n) is 2.96. The number of nitrogen functional groups attached to an aromatic ring is 1. The van der Waals surface area contributed by atoms with E-state index in [0.717, 1.165) is 0 Å². The van der Waals surface area contributed by atoms with Crippen molar-refractivity contribution in [3.63, 3.8) is 0 Å². The zero-order valence-corrected chi connectivity index (χ0v) is 20.6. The van der Waals surface area contributed by atoms with Crippen molar-refractivity contribution in [1.29, 1.82) is 0 Å². The average molecular weight is 461 g/mol. The lowest BCUT2D eigenvalue weighted by molar-refractivity contribution is 0.271. The quantitative estimate of drug-likeness (QED) is 0.243. The first kappa shape index (κ1) is 23.4. The minimum Gasteiger partial charge on any atom is -0.415 e. The third-order valence-electron chi connectivity index (χ3n) is 5.88. The van der Waals surface area contributed by atoms with Gasteiger partial charge in [0.05, 0.1) is 12.3 Å². The van der Waals surface area contributed by atoms with E-state index in [9.17, 15) is 9.18 Å². The summed E-state index contributed by atoms with van der Waals surface area (Å²) < 4.78 is 22.0. The number of hydrogen-bond acceptors (Lipinski definition) is 6. The molecule has 0 aliphatic heterocycles. The van der Waals surface area contributed by atoms with Crippen LogP contribution in [0, 0.1) is 5.82 Å². The van der Waals surface area contributed by atoms with Gasteiger partial charge in [-0.25, -0.2) is 14.4 Å². The molecular weight excluding hydrogens is 431 g/mol. The zero-order chi connectivity index (χ0) is 23.0. The number of anilines is 1. The summed E-state index contributed by atoms with van der Waals surface area (Å²) in [6, 6.07) is 6.10. The van der Waals surface area contributed by atoms with Crippen LogP contribution >= 0.6 is 11.8 Å². The predicted octanol–water partition coefficient (Wildman–Crippen LogP) is 4.92. The lowest BCUT2D eigenvalue weighted by Gasteiger charge is -2.36. The third kappa shape index (κ3) is 4.83. The molecule has 0 unspecified atom stereocenters. The Hall–Kier alpha value is -2.23. The molecular formula is C22H29FN4O2SSi. The molecule has 0 spiro atoms. The Bertz CT molecular complexity index is 1170. The summed E-state index contributed by atoms with van der Waals surface area (Å²) in [6.45, 7) is 11.6. The molecule has 0 radical (unpaired) electrons. The van der Waals surface area contributed by atoms with Crippen molar-refractivity contribution in [3.8, 4) is 11.1 Å². The molecule has 1 aromatic carbocycles. The average Bonchev–Trinajstić information content (AvgIpc) is 2.70. The minimum absolute atomic E-state index is 0.0422. The Kier molecular flexibility index (Phi) is 6.59. The number of halogens is 1. The Labute approximate surface area is 187 Å². The molecule has 0 saturated heterocycles. The summed E-state index contributed by atoms with van der Waals surface area (Å²) in [5.41, 5.74) is 6.78. The first-order chi connectivity index (χ1) is 14.4. The van der Waals surface area contributed by atoms with Crippen molar-refractivity contribution in [2.45, 2.75) is 50.6 Å². The number of hydrogen-bond donors (Lipinski definition) is 1. The van der Waals surface area contributed by atoms with E-state index >= 15 is 0 Å². The second-order valence-electron chi connectivity index (χ2n) is 9.00. The molecule has 2 heterocycles. The van der Waals surface area contributed by atoms with Gasteiger partial charge in [-0.05, 0) is 48.2 Å². The number of rotatable bonds is 6. The fourth-order valence-corrected chi connectivity index (χ4v) is 4.33. The van der Waals surface area contributed by atoms with E-state index < -0.39 is 14.1 Å². The van der Waals surface area contributed by atoms with Gasteiger partial charge in [-0.3, -0.25) is 9.36 Å². The van der Waals surface area contributed by atoms with Crippen molar-refractivity contribution in [2.24, 2.45) is 0 Å². The summed E-state index contributed by atoms with van der Waals surface area (Å²) >= 11 is 1.41. The van der Waals surface area contributed by atoms with Crippen LogP contribution in [0.2, 0.25) is 18.1 Å². The molecule has 0 aliphatic carbocycles. The first-order valence-electron chi connectivity index (χ1n) is 10.1. The number of aromatic nitrogens is 3. The number of thioether (sulfide) groups is 1. The van der Waals surface area contributed by atoms with Crippen LogP contribution in [-0.2, 0) is 11.0 Å². The van der Waals surface area contributed by atoms with Crippen molar-refractivity contribution in [2.75, 3.05) is 18.6 Å². The highest BCUT2D eigenvalue weighted by Gasteiger charge is 2.37. The minimum atomic E-state index is -1.97. The van der Waals surface area contributed by atoms with Gasteiger partial charge in [-0.1, -0.05) is 38.6 Å². The van der Waals surface area contributed by atoms with Crippen LogP contribution in [0.1, 0.15) is 20.8 Å². The Morgan fingerprint density at radius 2 is 1.97 bits per heavy atom. The summed E-state index contributed by atoms with van der Waals surface area (Å²) in [7, 11) is -1.97. The van der Waals surface area contributed by atoms with Gasteiger partial charge < -0.3 is 10.2 Å². The molecule has 3 rings (SSSR count). The van der Waals surface area contributed by atoms with Gasteiger partial charge in [0.15, 0.2) is 13.5 Å². The zero-order valence-electron chi connectivity index (χ0n) is 18.8. The monoisotopic (exact) mass is 460 g/mol. The van der Waals surface area contributed by atoms with Crippen molar-refractivity contribution in [1.82, 2.24) is 14.5 Å². The number of nitrogens with zero attached hydrogens (tertiary/aromatic N) is 3. The molecule has 166 valence electrons. The molecule has 0 amide bonds. The molecule has 0 saturated carbocycles. The third-order valence-corrected chi connectivity index (χ3v) is 11.0. The number of pyridine rings is 1. The van der Waals surface area contributed by atoms with E-state index in [1.54, 1.807) is 22.9 Å². The number of fused-ring (bicyclic) bond motifs is 1. The SMILES string of the molecule is CSc1ncc2cc(-c3ccc(N)c(F)c3)c(=O)n(CCO[Si](C)(C)C(C)(C)C)c2n1. The van der Waals surface area contributed by atoms with Crippen LogP contribution in [0.3, 0.4) is 0 Å². The first-order valence-corrected chi connectivity index (χ1v) is 14.2. The van der Waals surface area contributed by atoms with Crippen LogP contribution in [0.25, 0.3) is 22.2 Å². The van der Waals surface area contributed by atoms with Crippen LogP contribution in [0.15, 0.2) is 40.4 Å². The maximum atomic E-state index is 14.1. The molecule has 0 bridgehead atoms. The van der Waals surface area contributed by atoms with Gasteiger partial charge in [0, 0.05) is 23.7 Å². The van der Waals surface area contributed by atoms with E-state index in [4.69, 9.17) is 10.2 Å². The fraction of sp³-hybridized carbons (Fsp3) is 0.409. The van der Waals surface area contributed by atoms with Gasteiger partial charge in [-0.2, -0.15) is 0 Å². The van der Waals surface area contributed by atoms with E-state index in [1.165, 1.54) is 23.9 Å². The van der Waals surface area contributed by atoms with Crippen molar-refractivity contribution in [3.05, 3.63) is 46.6 Å². The van der Waals surface area contributed by atoms with Crippen LogP contribution in [0.4, 0.5) is 10.1 Å². The molecule has 31 heavy (non-hydrogen) atoms. The predicted molar refractivity (Wildman–Crippen MR) is 129 cm³/mol. The van der Waals surface area contributed by atoms with E-state index in [1.807, 2.05) is 6.26 Å². The molecule has 0 fully saturated rings. The molecule has 6 nitrogen and oxygen atoms in total. The maximum Gasteiger partial charge on any atom is 0.260 e. The summed E-state index contributed by atoms with van der Waals surface area (Å²) in [5, 5.41) is 1.35. The largest absolute Gasteiger partial charge is 0.415 e. The van der Waals surface area contributed by atoms with Crippen LogP contribution in [0.5, 0.6) is 0 Å².